The molecule has 3 rings (SSSR count). The van der Waals surface area contributed by atoms with Gasteiger partial charge in [0, 0.05) is 12.8 Å². The average molecular weight is 392 g/mol. The van der Waals surface area contributed by atoms with Crippen molar-refractivity contribution in [3.8, 4) is 11.1 Å². The number of Topliss-reactive ketones (excluding diaryl/α,β-unsaturated/α-hetero) is 1. The van der Waals surface area contributed by atoms with Gasteiger partial charge in [-0.05, 0) is 28.5 Å². The van der Waals surface area contributed by atoms with Crippen LogP contribution in [0.4, 0.5) is 0 Å². The lowest BCUT2D eigenvalue weighted by Crippen LogP contribution is -2.29. The van der Waals surface area contributed by atoms with Crippen LogP contribution in [0.1, 0.15) is 52.0 Å². The third-order valence-electron chi connectivity index (χ3n) is 5.09. The Labute approximate surface area is 172 Å². The van der Waals surface area contributed by atoms with E-state index in [1.807, 2.05) is 51.1 Å². The summed E-state index contributed by atoms with van der Waals surface area (Å²) >= 11 is 0. The van der Waals surface area contributed by atoms with Crippen LogP contribution in [-0.2, 0) is 16.2 Å². The van der Waals surface area contributed by atoms with Crippen LogP contribution >= 0.6 is 0 Å². The highest BCUT2D eigenvalue weighted by molar-refractivity contribution is 6.23. The van der Waals surface area contributed by atoms with Crippen LogP contribution in [0.2, 0.25) is 0 Å². The lowest BCUT2D eigenvalue weighted by molar-refractivity contribution is -0.118. The Morgan fingerprint density at radius 3 is 2.31 bits per heavy atom. The van der Waals surface area contributed by atoms with E-state index in [0.29, 0.717) is 37.2 Å². The molecule has 4 nitrogen and oxygen atoms in total. The Hall–Kier alpha value is -2.88. The lowest BCUT2D eigenvalue weighted by Gasteiger charge is -2.29. The molecule has 4 heteroatoms. The van der Waals surface area contributed by atoms with Crippen LogP contribution in [0.15, 0.2) is 71.1 Å². The normalized spacial score (nSPS) is 16.8. The van der Waals surface area contributed by atoms with Gasteiger partial charge in [-0.2, -0.15) is 0 Å². The number of aliphatic hydroxyl groups excluding tert-OH is 1. The molecule has 0 spiro atoms. The maximum atomic E-state index is 12.6. The third-order valence-corrected chi connectivity index (χ3v) is 5.09. The van der Waals surface area contributed by atoms with Gasteiger partial charge in [-0.3, -0.25) is 4.79 Å². The SMILES string of the molecule is CCCC(=NOCc1ccc(-c2ccccc2)cc1)C1=C(O)CC(C)(C)CC1=O. The fourth-order valence-corrected chi connectivity index (χ4v) is 3.68. The van der Waals surface area contributed by atoms with E-state index >= 15 is 0 Å². The first-order chi connectivity index (χ1) is 13.9. The molecule has 0 amide bonds. The first-order valence-electron chi connectivity index (χ1n) is 10.2. The van der Waals surface area contributed by atoms with Gasteiger partial charge in [-0.1, -0.05) is 86.9 Å². The van der Waals surface area contributed by atoms with E-state index in [9.17, 15) is 9.90 Å². The van der Waals surface area contributed by atoms with Crippen LogP contribution in [0, 0.1) is 5.41 Å². The highest BCUT2D eigenvalue weighted by Gasteiger charge is 2.35. The summed E-state index contributed by atoms with van der Waals surface area (Å²) in [5.41, 5.74) is 4.00. The second kappa shape index (κ2) is 9.08. The molecule has 0 aliphatic heterocycles. The number of hydrogen-bond donors (Lipinski definition) is 1. The molecule has 0 atom stereocenters. The fraction of sp³-hybridized carbons (Fsp3) is 0.360. The molecule has 1 aliphatic rings. The molecule has 0 radical (unpaired) electrons. The molecule has 152 valence electrons. The van der Waals surface area contributed by atoms with E-state index in [4.69, 9.17) is 4.84 Å². The standard InChI is InChI=1S/C25H29NO3/c1-4-8-21(24-22(27)15-25(2,3)16-23(24)28)26-29-17-18-11-13-20(14-12-18)19-9-6-5-7-10-19/h5-7,9-14,27H,4,8,15-17H2,1-3H3. The number of hydrogen-bond acceptors (Lipinski definition) is 4. The number of aliphatic hydroxyl groups is 1. The number of ketones is 1. The van der Waals surface area contributed by atoms with Crippen molar-refractivity contribution in [3.05, 3.63) is 71.5 Å². The summed E-state index contributed by atoms with van der Waals surface area (Å²) in [7, 11) is 0. The smallest absolute Gasteiger partial charge is 0.168 e. The number of nitrogens with zero attached hydrogens (tertiary/aromatic N) is 1. The molecular formula is C25H29NO3. The van der Waals surface area contributed by atoms with Crippen molar-refractivity contribution in [2.24, 2.45) is 10.6 Å². The van der Waals surface area contributed by atoms with Crippen molar-refractivity contribution in [2.45, 2.75) is 53.1 Å². The summed E-state index contributed by atoms with van der Waals surface area (Å²) in [6, 6.07) is 18.4. The highest BCUT2D eigenvalue weighted by Crippen LogP contribution is 2.36. The number of oxime groups is 1. The Morgan fingerprint density at radius 2 is 1.69 bits per heavy atom. The summed E-state index contributed by atoms with van der Waals surface area (Å²) in [6.45, 7) is 6.32. The summed E-state index contributed by atoms with van der Waals surface area (Å²) in [5.74, 6) is 0.0797. The Balaban J connectivity index is 1.71. The van der Waals surface area contributed by atoms with Crippen molar-refractivity contribution in [2.75, 3.05) is 0 Å². The van der Waals surface area contributed by atoms with Gasteiger partial charge in [0.15, 0.2) is 5.78 Å². The number of carbonyl (C=O) groups is 1. The van der Waals surface area contributed by atoms with Gasteiger partial charge >= 0.3 is 0 Å². The van der Waals surface area contributed by atoms with Gasteiger partial charge in [-0.15, -0.1) is 0 Å². The van der Waals surface area contributed by atoms with Gasteiger partial charge < -0.3 is 9.94 Å². The van der Waals surface area contributed by atoms with Gasteiger partial charge in [0.05, 0.1) is 11.3 Å². The van der Waals surface area contributed by atoms with Crippen LogP contribution in [0.25, 0.3) is 11.1 Å². The Bertz CT molecular complexity index is 909. The van der Waals surface area contributed by atoms with E-state index in [1.165, 1.54) is 5.56 Å². The summed E-state index contributed by atoms with van der Waals surface area (Å²) in [5, 5.41) is 14.7. The average Bonchev–Trinajstić information content (AvgIpc) is 2.68. The zero-order valence-corrected chi connectivity index (χ0v) is 17.4. The third kappa shape index (κ3) is 5.35. The van der Waals surface area contributed by atoms with Crippen molar-refractivity contribution in [1.82, 2.24) is 0 Å². The molecule has 1 N–H and O–H groups in total. The number of rotatable bonds is 7. The van der Waals surface area contributed by atoms with Crippen molar-refractivity contribution in [3.63, 3.8) is 0 Å². The molecule has 2 aromatic rings. The van der Waals surface area contributed by atoms with Crippen LogP contribution in [0.5, 0.6) is 0 Å². The Kier molecular flexibility index (Phi) is 6.53. The van der Waals surface area contributed by atoms with Gasteiger partial charge in [0.1, 0.15) is 12.4 Å². The van der Waals surface area contributed by atoms with E-state index in [1.54, 1.807) is 0 Å². The van der Waals surface area contributed by atoms with Gasteiger partial charge in [-0.25, -0.2) is 0 Å². The van der Waals surface area contributed by atoms with Crippen LogP contribution in [0.3, 0.4) is 0 Å². The molecule has 0 heterocycles. The molecule has 0 aromatic heterocycles. The summed E-state index contributed by atoms with van der Waals surface area (Å²) < 4.78 is 0. The van der Waals surface area contributed by atoms with E-state index in [2.05, 4.69) is 29.4 Å². The Morgan fingerprint density at radius 1 is 1.03 bits per heavy atom. The zero-order valence-electron chi connectivity index (χ0n) is 17.4. The van der Waals surface area contributed by atoms with Crippen LogP contribution < -0.4 is 0 Å². The van der Waals surface area contributed by atoms with Crippen molar-refractivity contribution in [1.29, 1.82) is 0 Å². The van der Waals surface area contributed by atoms with Gasteiger partial charge in [0.2, 0.25) is 0 Å². The van der Waals surface area contributed by atoms with E-state index in [0.717, 1.165) is 17.5 Å². The largest absolute Gasteiger partial charge is 0.511 e. The molecule has 0 saturated carbocycles. The summed E-state index contributed by atoms with van der Waals surface area (Å²) in [4.78, 5) is 18.2. The van der Waals surface area contributed by atoms with E-state index < -0.39 is 0 Å². The summed E-state index contributed by atoms with van der Waals surface area (Å²) in [6.07, 6.45) is 2.31. The first-order valence-corrected chi connectivity index (χ1v) is 10.2. The molecule has 0 saturated heterocycles. The van der Waals surface area contributed by atoms with Gasteiger partial charge in [0.25, 0.3) is 0 Å². The minimum Gasteiger partial charge on any atom is -0.511 e. The number of carbonyl (C=O) groups excluding carboxylic acids is 1. The minimum absolute atomic E-state index is 0.0539. The zero-order chi connectivity index (χ0) is 20.9. The molecule has 0 unspecified atom stereocenters. The molecule has 0 bridgehead atoms. The lowest BCUT2D eigenvalue weighted by atomic mass is 9.75. The molecule has 2 aromatic carbocycles. The molecule has 1 aliphatic carbocycles. The number of benzene rings is 2. The second-order valence-electron chi connectivity index (χ2n) is 8.39. The van der Waals surface area contributed by atoms with Crippen molar-refractivity contribution < 1.29 is 14.7 Å². The van der Waals surface area contributed by atoms with Crippen LogP contribution in [-0.4, -0.2) is 16.6 Å². The quantitative estimate of drug-likeness (QED) is 0.450. The molecule has 0 fully saturated rings. The minimum atomic E-state index is -0.219. The van der Waals surface area contributed by atoms with E-state index in [-0.39, 0.29) is 17.0 Å². The maximum Gasteiger partial charge on any atom is 0.168 e. The maximum absolute atomic E-state index is 12.6. The predicted octanol–water partition coefficient (Wildman–Crippen LogP) is 6.23. The predicted molar refractivity (Wildman–Crippen MR) is 117 cm³/mol. The second-order valence-corrected chi connectivity index (χ2v) is 8.39. The first kappa shape index (κ1) is 20.8. The molecular weight excluding hydrogens is 362 g/mol. The highest BCUT2D eigenvalue weighted by atomic mass is 16.6. The molecule has 29 heavy (non-hydrogen) atoms. The monoisotopic (exact) mass is 391 g/mol. The fourth-order valence-electron chi connectivity index (χ4n) is 3.68. The number of allylic oxidation sites excluding steroid dienone is 2. The van der Waals surface area contributed by atoms with Crippen molar-refractivity contribution >= 4 is 11.5 Å². The topological polar surface area (TPSA) is 58.9 Å².